The molecular weight excluding hydrogens is 475 g/mol. The number of nitrogens with zero attached hydrogens (tertiary/aromatic N) is 5. The Morgan fingerprint density at radius 3 is 2.46 bits per heavy atom. The second-order valence-corrected chi connectivity index (χ2v) is 9.30. The quantitative estimate of drug-likeness (QED) is 0.271. The number of hydrogen-bond acceptors (Lipinski definition) is 4. The molecule has 6 rings (SSSR count). The molecule has 1 fully saturated rings. The summed E-state index contributed by atoms with van der Waals surface area (Å²) >= 11 is 6.24. The fourth-order valence-electron chi connectivity index (χ4n) is 4.64. The number of alkyl halides is 3. The second kappa shape index (κ2) is 7.68. The minimum absolute atomic E-state index is 0.151. The number of anilines is 2. The molecule has 0 aliphatic heterocycles. The maximum Gasteiger partial charge on any atom is 0.398 e. The van der Waals surface area contributed by atoms with Crippen LogP contribution in [-0.2, 0) is 5.41 Å². The molecule has 0 spiro atoms. The standard InChI is InChI=1S/C26H19ClF3N5/c1-34(23-21-10-9-19(27)14-22(21)35-15-31-33-24(35)32-23)20-4-2-3-17(13-20)16-5-7-18(8-6-16)25(11-12-25)26(28,29)30/h2-10,13-15H,11-12H2,1H3. The lowest BCUT2D eigenvalue weighted by atomic mass is 9.93. The molecule has 0 saturated heterocycles. The van der Waals surface area contributed by atoms with E-state index in [2.05, 4.69) is 10.2 Å². The zero-order valence-electron chi connectivity index (χ0n) is 18.6. The maximum atomic E-state index is 13.5. The van der Waals surface area contributed by atoms with Crippen molar-refractivity contribution >= 4 is 39.8 Å². The first kappa shape index (κ1) is 21.9. The van der Waals surface area contributed by atoms with Gasteiger partial charge in [0.1, 0.15) is 12.1 Å². The summed E-state index contributed by atoms with van der Waals surface area (Å²) in [6.07, 6.45) is -2.32. The Labute approximate surface area is 203 Å². The average Bonchev–Trinajstić information content (AvgIpc) is 3.55. The molecule has 2 aromatic heterocycles. The summed E-state index contributed by atoms with van der Waals surface area (Å²) in [5.41, 5.74) is 2.10. The normalized spacial score (nSPS) is 15.0. The van der Waals surface area contributed by atoms with Gasteiger partial charge in [-0.1, -0.05) is 48.0 Å². The molecule has 0 radical (unpaired) electrons. The molecule has 2 heterocycles. The van der Waals surface area contributed by atoms with Crippen molar-refractivity contribution in [1.82, 2.24) is 19.6 Å². The van der Waals surface area contributed by atoms with Gasteiger partial charge in [0.2, 0.25) is 0 Å². The van der Waals surface area contributed by atoms with Gasteiger partial charge in [-0.05, 0) is 59.9 Å². The number of rotatable bonds is 4. The van der Waals surface area contributed by atoms with Crippen molar-refractivity contribution < 1.29 is 13.2 Å². The number of halogens is 4. The van der Waals surface area contributed by atoms with Crippen LogP contribution in [-0.4, -0.2) is 32.8 Å². The van der Waals surface area contributed by atoms with E-state index in [9.17, 15) is 13.2 Å². The number of aromatic nitrogens is 4. The van der Waals surface area contributed by atoms with Crippen LogP contribution in [0.15, 0.2) is 73.1 Å². The van der Waals surface area contributed by atoms with Gasteiger partial charge in [0.05, 0.1) is 10.9 Å². The molecule has 1 aliphatic rings. The van der Waals surface area contributed by atoms with Crippen LogP contribution in [0.25, 0.3) is 27.8 Å². The minimum atomic E-state index is -4.22. The van der Waals surface area contributed by atoms with Crippen molar-refractivity contribution in [3.8, 4) is 11.1 Å². The smallest absolute Gasteiger partial charge is 0.329 e. The van der Waals surface area contributed by atoms with Crippen molar-refractivity contribution in [2.24, 2.45) is 0 Å². The molecule has 0 N–H and O–H groups in total. The highest BCUT2D eigenvalue weighted by Gasteiger charge is 2.64. The highest BCUT2D eigenvalue weighted by atomic mass is 35.5. The van der Waals surface area contributed by atoms with Crippen LogP contribution in [0.2, 0.25) is 5.02 Å². The first-order valence-corrected chi connectivity index (χ1v) is 11.5. The van der Waals surface area contributed by atoms with E-state index in [-0.39, 0.29) is 12.8 Å². The molecule has 0 bridgehead atoms. The Balaban J connectivity index is 1.38. The number of hydrogen-bond donors (Lipinski definition) is 0. The largest absolute Gasteiger partial charge is 0.398 e. The Hall–Kier alpha value is -3.65. The van der Waals surface area contributed by atoms with Gasteiger partial charge in [-0.3, -0.25) is 4.40 Å². The summed E-state index contributed by atoms with van der Waals surface area (Å²) in [7, 11) is 1.91. The zero-order valence-corrected chi connectivity index (χ0v) is 19.3. The van der Waals surface area contributed by atoms with Crippen LogP contribution in [0.5, 0.6) is 0 Å². The first-order chi connectivity index (χ1) is 16.8. The Kier molecular flexibility index (Phi) is 4.79. The van der Waals surface area contributed by atoms with Gasteiger partial charge < -0.3 is 4.90 Å². The predicted molar refractivity (Wildman–Crippen MR) is 130 cm³/mol. The molecule has 9 heteroatoms. The average molecular weight is 494 g/mol. The van der Waals surface area contributed by atoms with Gasteiger partial charge in [0.15, 0.2) is 0 Å². The molecule has 0 atom stereocenters. The van der Waals surface area contributed by atoms with E-state index >= 15 is 0 Å². The summed E-state index contributed by atoms with van der Waals surface area (Å²) in [6, 6.07) is 20.1. The summed E-state index contributed by atoms with van der Waals surface area (Å²) < 4.78 is 42.2. The molecule has 3 aromatic carbocycles. The monoisotopic (exact) mass is 493 g/mol. The number of fused-ring (bicyclic) bond motifs is 3. The van der Waals surface area contributed by atoms with Gasteiger partial charge in [0, 0.05) is 23.1 Å². The Morgan fingerprint density at radius 2 is 1.74 bits per heavy atom. The van der Waals surface area contributed by atoms with Gasteiger partial charge in [-0.25, -0.2) is 0 Å². The lowest BCUT2D eigenvalue weighted by Gasteiger charge is -2.22. The van der Waals surface area contributed by atoms with Gasteiger partial charge in [-0.15, -0.1) is 10.2 Å². The Bertz CT molecular complexity index is 1570. The SMILES string of the molecule is CN(c1cccc(-c2ccc(C3(C(F)(F)F)CC3)cc2)c1)c1nc2nncn2c2cc(Cl)ccc12. The third-order valence-electron chi connectivity index (χ3n) is 6.81. The second-order valence-electron chi connectivity index (χ2n) is 8.86. The van der Waals surface area contributed by atoms with Crippen molar-refractivity contribution in [3.05, 3.63) is 83.6 Å². The lowest BCUT2D eigenvalue weighted by molar-refractivity contribution is -0.160. The summed E-state index contributed by atoms with van der Waals surface area (Å²) in [5.74, 6) is 1.14. The molecule has 1 aliphatic carbocycles. The van der Waals surface area contributed by atoms with Crippen molar-refractivity contribution in [1.29, 1.82) is 0 Å². The highest BCUT2D eigenvalue weighted by molar-refractivity contribution is 6.31. The topological polar surface area (TPSA) is 46.3 Å². The van der Waals surface area contributed by atoms with E-state index in [1.54, 1.807) is 35.0 Å². The van der Waals surface area contributed by atoms with Crippen molar-refractivity contribution in [2.45, 2.75) is 24.4 Å². The fraction of sp³-hybridized carbons (Fsp3) is 0.192. The fourth-order valence-corrected chi connectivity index (χ4v) is 4.80. The number of benzene rings is 3. The van der Waals surface area contributed by atoms with Crippen LogP contribution >= 0.6 is 11.6 Å². The molecule has 1 saturated carbocycles. The summed E-state index contributed by atoms with van der Waals surface area (Å²) in [5, 5.41) is 9.54. The Morgan fingerprint density at radius 1 is 0.971 bits per heavy atom. The van der Waals surface area contributed by atoms with Crippen LogP contribution in [0.4, 0.5) is 24.7 Å². The van der Waals surface area contributed by atoms with E-state index in [1.807, 2.05) is 54.4 Å². The minimum Gasteiger partial charge on any atom is -0.329 e. The van der Waals surface area contributed by atoms with Crippen LogP contribution in [0, 0.1) is 0 Å². The van der Waals surface area contributed by atoms with E-state index < -0.39 is 11.6 Å². The molecule has 176 valence electrons. The maximum absolute atomic E-state index is 13.5. The van der Waals surface area contributed by atoms with Crippen molar-refractivity contribution in [3.63, 3.8) is 0 Å². The molecule has 0 amide bonds. The van der Waals surface area contributed by atoms with Gasteiger partial charge >= 0.3 is 6.18 Å². The molecule has 35 heavy (non-hydrogen) atoms. The van der Waals surface area contributed by atoms with E-state index in [0.717, 1.165) is 27.7 Å². The van der Waals surface area contributed by atoms with Crippen molar-refractivity contribution in [2.75, 3.05) is 11.9 Å². The summed E-state index contributed by atoms with van der Waals surface area (Å²) in [4.78, 5) is 6.66. The molecule has 0 unspecified atom stereocenters. The van der Waals surface area contributed by atoms with Crippen LogP contribution in [0.3, 0.4) is 0 Å². The van der Waals surface area contributed by atoms with E-state index in [0.29, 0.717) is 22.2 Å². The first-order valence-electron chi connectivity index (χ1n) is 11.1. The highest BCUT2D eigenvalue weighted by Crippen LogP contribution is 2.59. The third-order valence-corrected chi connectivity index (χ3v) is 7.05. The molecular formula is C26H19ClF3N5. The van der Waals surface area contributed by atoms with Crippen LogP contribution < -0.4 is 4.90 Å². The van der Waals surface area contributed by atoms with E-state index in [1.165, 1.54) is 0 Å². The lowest BCUT2D eigenvalue weighted by Crippen LogP contribution is -2.28. The third kappa shape index (κ3) is 3.51. The predicted octanol–water partition coefficient (Wildman–Crippen LogP) is 6.96. The van der Waals surface area contributed by atoms with Gasteiger partial charge in [-0.2, -0.15) is 18.2 Å². The van der Waals surface area contributed by atoms with Gasteiger partial charge in [0.25, 0.3) is 5.78 Å². The molecule has 5 nitrogen and oxygen atoms in total. The van der Waals surface area contributed by atoms with Crippen LogP contribution in [0.1, 0.15) is 18.4 Å². The molecule has 5 aromatic rings. The zero-order chi connectivity index (χ0) is 24.4. The van der Waals surface area contributed by atoms with E-state index in [4.69, 9.17) is 16.6 Å². The summed E-state index contributed by atoms with van der Waals surface area (Å²) in [6.45, 7) is 0.